The third kappa shape index (κ3) is 3.15. The molecule has 4 aromatic carbocycles. The number of para-hydroxylation sites is 1. The molecular weight excluding hydrogens is 486 g/mol. The van der Waals surface area contributed by atoms with Crippen LogP contribution >= 0.6 is 0 Å². The summed E-state index contributed by atoms with van der Waals surface area (Å²) in [5, 5.41) is 9.68. The van der Waals surface area contributed by atoms with E-state index in [2.05, 4.69) is 121 Å². The van der Waals surface area contributed by atoms with Gasteiger partial charge in [0.2, 0.25) is 0 Å². The number of benzene rings is 4. The molecule has 1 spiro atoms. The van der Waals surface area contributed by atoms with Crippen LogP contribution in [-0.2, 0) is 5.41 Å². The Kier molecular flexibility index (Phi) is 5.09. The number of allylic oxidation sites excluding steroid dienone is 6. The zero-order valence-corrected chi connectivity index (χ0v) is 22.0. The number of fused-ring (bicyclic) bond motifs is 9. The van der Waals surface area contributed by atoms with Crippen molar-refractivity contribution in [3.8, 4) is 22.9 Å². The third-order valence-corrected chi connectivity index (χ3v) is 9.18. The quantitative estimate of drug-likeness (QED) is 0.270. The van der Waals surface area contributed by atoms with Gasteiger partial charge in [-0.3, -0.25) is 0 Å². The maximum Gasteiger partial charge on any atom is 0.125 e. The molecule has 4 aliphatic rings. The summed E-state index contributed by atoms with van der Waals surface area (Å²) in [7, 11) is 0. The third-order valence-electron chi connectivity index (χ3n) is 9.18. The van der Waals surface area contributed by atoms with Gasteiger partial charge in [-0.1, -0.05) is 115 Å². The smallest absolute Gasteiger partial charge is 0.125 e. The Morgan fingerprint density at radius 3 is 2.12 bits per heavy atom. The fourth-order valence-corrected chi connectivity index (χ4v) is 7.53. The zero-order chi connectivity index (χ0) is 26.7. The number of hydrogen-bond donors (Lipinski definition) is 0. The van der Waals surface area contributed by atoms with Crippen molar-refractivity contribution in [1.29, 1.82) is 5.26 Å². The molecule has 4 aromatic rings. The molecule has 2 nitrogen and oxygen atoms in total. The van der Waals surface area contributed by atoms with E-state index < -0.39 is 0 Å². The van der Waals surface area contributed by atoms with E-state index in [0.29, 0.717) is 0 Å². The lowest BCUT2D eigenvalue weighted by Gasteiger charge is -2.48. The van der Waals surface area contributed by atoms with Gasteiger partial charge in [-0.15, -0.1) is 0 Å². The van der Waals surface area contributed by atoms with Gasteiger partial charge >= 0.3 is 0 Å². The van der Waals surface area contributed by atoms with Gasteiger partial charge in [-0.25, -0.2) is 0 Å². The molecule has 3 unspecified atom stereocenters. The average molecular weight is 514 g/mol. The van der Waals surface area contributed by atoms with E-state index in [1.54, 1.807) is 0 Å². The molecule has 0 N–H and O–H groups in total. The van der Waals surface area contributed by atoms with Crippen LogP contribution in [-0.4, -0.2) is 6.10 Å². The topological polar surface area (TPSA) is 33.0 Å². The molecule has 3 aliphatic carbocycles. The highest BCUT2D eigenvalue weighted by Crippen LogP contribution is 2.61. The fourth-order valence-electron chi connectivity index (χ4n) is 7.53. The second-order valence-electron chi connectivity index (χ2n) is 11.1. The van der Waals surface area contributed by atoms with Crippen molar-refractivity contribution >= 4 is 5.57 Å². The highest BCUT2D eigenvalue weighted by molar-refractivity contribution is 5.85. The number of nitriles is 1. The predicted octanol–water partition coefficient (Wildman–Crippen LogP) is 8.41. The normalized spacial score (nSPS) is 22.6. The molecule has 1 heterocycles. The highest BCUT2D eigenvalue weighted by atomic mass is 16.5. The molecule has 0 aromatic heterocycles. The van der Waals surface area contributed by atoms with Gasteiger partial charge < -0.3 is 4.74 Å². The summed E-state index contributed by atoms with van der Waals surface area (Å²) in [5.74, 6) is 1.31. The number of nitrogens with zero attached hydrogens (tertiary/aromatic N) is 1. The second kappa shape index (κ2) is 8.83. The molecule has 1 aliphatic heterocycles. The molecule has 190 valence electrons. The van der Waals surface area contributed by atoms with Crippen molar-refractivity contribution in [3.63, 3.8) is 0 Å². The van der Waals surface area contributed by atoms with Gasteiger partial charge in [0, 0.05) is 17.4 Å². The predicted molar refractivity (Wildman–Crippen MR) is 160 cm³/mol. The van der Waals surface area contributed by atoms with Gasteiger partial charge in [0.25, 0.3) is 0 Å². The molecule has 0 saturated carbocycles. The Bertz CT molecular complexity index is 1800. The summed E-state index contributed by atoms with van der Waals surface area (Å²) in [5.41, 5.74) is 10.5. The molecule has 0 bridgehead atoms. The first-order valence-corrected chi connectivity index (χ1v) is 14.0. The van der Waals surface area contributed by atoms with Crippen LogP contribution in [0.1, 0.15) is 34.2 Å². The van der Waals surface area contributed by atoms with Crippen molar-refractivity contribution in [2.24, 2.45) is 11.8 Å². The van der Waals surface area contributed by atoms with E-state index in [1.165, 1.54) is 39.0 Å². The van der Waals surface area contributed by atoms with Crippen LogP contribution in [0.25, 0.3) is 16.7 Å². The number of ether oxygens (including phenoxy) is 1. The Morgan fingerprint density at radius 1 is 0.725 bits per heavy atom. The summed E-state index contributed by atoms with van der Waals surface area (Å²) in [4.78, 5) is 0. The van der Waals surface area contributed by atoms with Gasteiger partial charge in [0.1, 0.15) is 11.9 Å². The maximum absolute atomic E-state index is 9.68. The first kappa shape index (κ1) is 23.1. The Hall–Kier alpha value is -4.87. The number of hydrogen-bond acceptors (Lipinski definition) is 2. The van der Waals surface area contributed by atoms with Crippen LogP contribution in [0.2, 0.25) is 0 Å². The molecule has 2 heteroatoms. The minimum Gasteiger partial charge on any atom is -0.485 e. The minimum atomic E-state index is -0.315. The lowest BCUT2D eigenvalue weighted by Crippen LogP contribution is -2.48. The van der Waals surface area contributed by atoms with Crippen molar-refractivity contribution in [2.45, 2.75) is 17.9 Å². The summed E-state index contributed by atoms with van der Waals surface area (Å²) in [6.07, 6.45) is 14.4. The van der Waals surface area contributed by atoms with Crippen molar-refractivity contribution < 1.29 is 4.74 Å². The monoisotopic (exact) mass is 513 g/mol. The van der Waals surface area contributed by atoms with Crippen LogP contribution in [0.15, 0.2) is 139 Å². The molecule has 0 saturated heterocycles. The molecule has 0 amide bonds. The van der Waals surface area contributed by atoms with Crippen LogP contribution in [0.3, 0.4) is 0 Å². The first-order valence-electron chi connectivity index (χ1n) is 14.0. The molecular formula is C38H27NO. The first-order chi connectivity index (χ1) is 19.8. The maximum atomic E-state index is 9.68. The van der Waals surface area contributed by atoms with E-state index in [1.807, 2.05) is 18.2 Å². The molecule has 3 atom stereocenters. The SMILES string of the molecule is N#Cc1ccccc1C1=CC=CC(C2=CC3Oc4ccccc4C4(c5ccccc5-c5ccccc54)C3C=C2)C1. The van der Waals surface area contributed by atoms with Crippen LogP contribution in [0.4, 0.5) is 0 Å². The van der Waals surface area contributed by atoms with Gasteiger partial charge in [-0.05, 0) is 63.6 Å². The van der Waals surface area contributed by atoms with Crippen LogP contribution in [0, 0.1) is 23.2 Å². The van der Waals surface area contributed by atoms with E-state index in [0.717, 1.165) is 23.3 Å². The molecule has 40 heavy (non-hydrogen) atoms. The number of rotatable bonds is 2. The van der Waals surface area contributed by atoms with Gasteiger partial charge in [0.15, 0.2) is 0 Å². The van der Waals surface area contributed by atoms with E-state index in [4.69, 9.17) is 4.74 Å². The van der Waals surface area contributed by atoms with E-state index in [-0.39, 0.29) is 23.4 Å². The summed E-state index contributed by atoms with van der Waals surface area (Å²) in [6.45, 7) is 0. The van der Waals surface area contributed by atoms with Crippen LogP contribution < -0.4 is 4.74 Å². The highest BCUT2D eigenvalue weighted by Gasteiger charge is 2.55. The Labute approximate surface area is 234 Å². The van der Waals surface area contributed by atoms with Crippen molar-refractivity contribution in [2.75, 3.05) is 0 Å². The average Bonchev–Trinajstić information content (AvgIpc) is 3.32. The van der Waals surface area contributed by atoms with Crippen molar-refractivity contribution in [1.82, 2.24) is 0 Å². The van der Waals surface area contributed by atoms with Gasteiger partial charge in [-0.2, -0.15) is 5.26 Å². The lowest BCUT2D eigenvalue weighted by molar-refractivity contribution is 0.140. The van der Waals surface area contributed by atoms with E-state index in [9.17, 15) is 5.26 Å². The lowest BCUT2D eigenvalue weighted by atomic mass is 9.59. The zero-order valence-electron chi connectivity index (χ0n) is 22.0. The second-order valence-corrected chi connectivity index (χ2v) is 11.1. The van der Waals surface area contributed by atoms with Crippen molar-refractivity contribution in [3.05, 3.63) is 167 Å². The fraction of sp³-hybridized carbons (Fsp3) is 0.132. The molecule has 0 fully saturated rings. The summed E-state index contributed by atoms with van der Waals surface area (Å²) < 4.78 is 6.81. The Balaban J connectivity index is 1.23. The summed E-state index contributed by atoms with van der Waals surface area (Å²) in [6, 6.07) is 36.7. The molecule has 0 radical (unpaired) electrons. The largest absolute Gasteiger partial charge is 0.485 e. The standard InChI is InChI=1S/C38H27NO/c39-24-28-10-1-2-13-29(28)27-12-9-11-25(22-27)26-20-21-35-37(23-26)40-36-19-8-7-18-34(36)38(35)32-16-5-3-14-30(32)31-15-4-6-17-33(31)38/h1-21,23,25,35,37H,22H2. The van der Waals surface area contributed by atoms with Gasteiger partial charge in [0.05, 0.1) is 17.0 Å². The molecule has 8 rings (SSSR count). The van der Waals surface area contributed by atoms with Crippen LogP contribution in [0.5, 0.6) is 5.75 Å². The minimum absolute atomic E-state index is 0.0942. The van der Waals surface area contributed by atoms with E-state index >= 15 is 0 Å². The Morgan fingerprint density at radius 2 is 1.38 bits per heavy atom. The summed E-state index contributed by atoms with van der Waals surface area (Å²) >= 11 is 0.